The van der Waals surface area contributed by atoms with Crippen molar-refractivity contribution in [3.8, 4) is 22.8 Å². The van der Waals surface area contributed by atoms with Crippen LogP contribution >= 0.6 is 11.6 Å². The molecule has 8 nitrogen and oxygen atoms in total. The second-order valence-corrected chi connectivity index (χ2v) is 10.2. The van der Waals surface area contributed by atoms with E-state index in [1.165, 1.54) is 0 Å². The van der Waals surface area contributed by atoms with E-state index in [1.807, 2.05) is 18.2 Å². The molecule has 0 amide bonds. The van der Waals surface area contributed by atoms with Gasteiger partial charge in [-0.15, -0.1) is 0 Å². The number of hydrogen-bond acceptors (Lipinski definition) is 5. The van der Waals surface area contributed by atoms with Gasteiger partial charge in [0.2, 0.25) is 0 Å². The summed E-state index contributed by atoms with van der Waals surface area (Å²) in [6.07, 6.45) is 6.28. The van der Waals surface area contributed by atoms with Crippen molar-refractivity contribution < 1.29 is 9.90 Å². The molecule has 3 aliphatic rings. The zero-order valence-corrected chi connectivity index (χ0v) is 20.1. The Balaban J connectivity index is 1.46. The van der Waals surface area contributed by atoms with Crippen LogP contribution in [0.5, 0.6) is 0 Å². The van der Waals surface area contributed by atoms with Crippen LogP contribution in [0, 0.1) is 30.2 Å². The van der Waals surface area contributed by atoms with Crippen molar-refractivity contribution in [1.82, 2.24) is 25.1 Å². The molecule has 2 N–H and O–H groups in total. The molecule has 0 radical (unpaired) electrons. The van der Waals surface area contributed by atoms with E-state index in [1.54, 1.807) is 24.4 Å². The number of benzene rings is 1. The van der Waals surface area contributed by atoms with E-state index in [-0.39, 0.29) is 17.8 Å². The van der Waals surface area contributed by atoms with Gasteiger partial charge in [-0.3, -0.25) is 9.89 Å². The number of aromatic nitrogens is 5. The standard InChI is InChI=1S/C27H23ClN6O2/c1-29-18-8-6-15(7-9-18)22-12-19(11-20-14-2-4-16(5-3-14)23(20)27(35)36)31-26(32-22)24-21-10-17(28)13-30-25(21)34-33-24/h6-10,12-14,16,20,23H,2-5,11H2,(H,35,36)(H,30,33,34). The molecule has 7 rings (SSSR count). The van der Waals surface area contributed by atoms with Crippen LogP contribution in [0.25, 0.3) is 38.7 Å². The normalized spacial score (nSPS) is 23.0. The van der Waals surface area contributed by atoms with E-state index in [0.29, 0.717) is 51.3 Å². The van der Waals surface area contributed by atoms with Crippen molar-refractivity contribution >= 4 is 34.3 Å². The Morgan fingerprint density at radius 2 is 1.86 bits per heavy atom. The van der Waals surface area contributed by atoms with Crippen molar-refractivity contribution in [3.05, 3.63) is 64.7 Å². The zero-order chi connectivity index (χ0) is 24.8. The Hall–Kier alpha value is -3.83. The molecule has 3 fully saturated rings. The van der Waals surface area contributed by atoms with Crippen molar-refractivity contribution in [2.75, 3.05) is 0 Å². The number of pyridine rings is 1. The maximum atomic E-state index is 12.2. The summed E-state index contributed by atoms with van der Waals surface area (Å²) in [5.74, 6) is 0.101. The van der Waals surface area contributed by atoms with Crippen LogP contribution in [0.4, 0.5) is 5.69 Å². The molecule has 180 valence electrons. The van der Waals surface area contributed by atoms with E-state index in [0.717, 1.165) is 36.9 Å². The summed E-state index contributed by atoms with van der Waals surface area (Å²) in [5, 5.41) is 18.5. The smallest absolute Gasteiger partial charge is 0.307 e. The molecule has 9 heteroatoms. The molecule has 4 aromatic rings. The number of hydrogen-bond donors (Lipinski definition) is 2. The average Bonchev–Trinajstić information content (AvgIpc) is 3.32. The quantitative estimate of drug-likeness (QED) is 0.328. The molecule has 1 aromatic carbocycles. The highest BCUT2D eigenvalue weighted by Gasteiger charge is 2.47. The number of carboxylic acids is 1. The van der Waals surface area contributed by atoms with Crippen LogP contribution < -0.4 is 0 Å². The lowest BCUT2D eigenvalue weighted by Crippen LogP contribution is -2.45. The van der Waals surface area contributed by atoms with Gasteiger partial charge in [-0.2, -0.15) is 5.10 Å². The monoisotopic (exact) mass is 498 g/mol. The van der Waals surface area contributed by atoms with Gasteiger partial charge in [0.25, 0.3) is 0 Å². The fourth-order valence-corrected chi connectivity index (χ4v) is 6.27. The lowest BCUT2D eigenvalue weighted by Gasteiger charge is -2.46. The Labute approximate surface area is 212 Å². The van der Waals surface area contributed by atoms with E-state index >= 15 is 0 Å². The van der Waals surface area contributed by atoms with Gasteiger partial charge < -0.3 is 5.11 Å². The Morgan fingerprint density at radius 3 is 2.58 bits per heavy atom. The number of aromatic amines is 1. The highest BCUT2D eigenvalue weighted by molar-refractivity contribution is 6.31. The number of H-pyrrole nitrogens is 1. The number of nitrogens with zero attached hydrogens (tertiary/aromatic N) is 5. The first-order valence-electron chi connectivity index (χ1n) is 12.1. The molecule has 2 bridgehead atoms. The summed E-state index contributed by atoms with van der Waals surface area (Å²) in [7, 11) is 0. The van der Waals surface area contributed by atoms with Crippen LogP contribution in [0.1, 0.15) is 31.4 Å². The van der Waals surface area contributed by atoms with Gasteiger partial charge in [-0.25, -0.2) is 19.8 Å². The number of rotatable bonds is 5. The fourth-order valence-electron chi connectivity index (χ4n) is 6.11. The highest BCUT2D eigenvalue weighted by Crippen LogP contribution is 2.50. The largest absolute Gasteiger partial charge is 0.481 e. The first kappa shape index (κ1) is 22.6. The molecule has 36 heavy (non-hydrogen) atoms. The lowest BCUT2D eigenvalue weighted by atomic mass is 9.57. The SMILES string of the molecule is [C-]#[N+]c1ccc(-c2cc(CC3C4CCC(CC4)C3C(=O)O)nc(-c3[nH]nc4ncc(Cl)cc34)n2)cc1. The van der Waals surface area contributed by atoms with Crippen LogP contribution in [0.2, 0.25) is 5.02 Å². The molecule has 0 saturated heterocycles. The Bertz CT molecular complexity index is 1500. The van der Waals surface area contributed by atoms with Gasteiger partial charge >= 0.3 is 5.97 Å². The van der Waals surface area contributed by atoms with Gasteiger partial charge in [-0.05, 0) is 67.6 Å². The second kappa shape index (κ2) is 8.99. The first-order valence-corrected chi connectivity index (χ1v) is 12.5. The van der Waals surface area contributed by atoms with E-state index in [2.05, 4.69) is 20.0 Å². The fraction of sp³-hybridized carbons (Fsp3) is 0.333. The third-order valence-electron chi connectivity index (χ3n) is 7.79. The van der Waals surface area contributed by atoms with Gasteiger partial charge in [0.15, 0.2) is 17.2 Å². The zero-order valence-electron chi connectivity index (χ0n) is 19.4. The minimum absolute atomic E-state index is 0.0460. The van der Waals surface area contributed by atoms with E-state index in [9.17, 15) is 9.90 Å². The predicted molar refractivity (Wildman–Crippen MR) is 135 cm³/mol. The molecule has 0 spiro atoms. The van der Waals surface area contributed by atoms with Crippen LogP contribution in [-0.2, 0) is 11.2 Å². The van der Waals surface area contributed by atoms with Gasteiger partial charge in [0.05, 0.1) is 28.6 Å². The van der Waals surface area contributed by atoms with Gasteiger partial charge in [0, 0.05) is 11.9 Å². The van der Waals surface area contributed by atoms with Crippen LogP contribution in [0.15, 0.2) is 42.6 Å². The molecule has 3 aromatic heterocycles. The molecule has 2 unspecified atom stereocenters. The number of fused-ring (bicyclic) bond motifs is 4. The number of carbonyl (C=O) groups is 1. The average molecular weight is 499 g/mol. The first-order chi connectivity index (χ1) is 17.5. The van der Waals surface area contributed by atoms with E-state index < -0.39 is 5.97 Å². The maximum Gasteiger partial charge on any atom is 0.307 e. The topological polar surface area (TPSA) is 109 Å². The summed E-state index contributed by atoms with van der Waals surface area (Å²) in [6.45, 7) is 7.24. The lowest BCUT2D eigenvalue weighted by molar-refractivity contribution is -0.152. The Kier molecular flexibility index (Phi) is 5.65. The summed E-state index contributed by atoms with van der Waals surface area (Å²) in [6, 6.07) is 11.0. The van der Waals surface area contributed by atoms with E-state index in [4.69, 9.17) is 28.1 Å². The van der Waals surface area contributed by atoms with Gasteiger partial charge in [-0.1, -0.05) is 35.9 Å². The third kappa shape index (κ3) is 3.99. The summed E-state index contributed by atoms with van der Waals surface area (Å²) < 4.78 is 0. The number of nitrogens with one attached hydrogen (secondary N) is 1. The van der Waals surface area contributed by atoms with Crippen LogP contribution in [0.3, 0.4) is 0 Å². The van der Waals surface area contributed by atoms with Crippen molar-refractivity contribution in [3.63, 3.8) is 0 Å². The molecule has 3 aliphatic carbocycles. The minimum atomic E-state index is -0.695. The minimum Gasteiger partial charge on any atom is -0.481 e. The molecule has 2 atom stereocenters. The van der Waals surface area contributed by atoms with Crippen molar-refractivity contribution in [1.29, 1.82) is 0 Å². The second-order valence-electron chi connectivity index (χ2n) is 9.76. The molecular formula is C27H23ClN6O2. The number of aliphatic carboxylic acids is 1. The van der Waals surface area contributed by atoms with Crippen molar-refractivity contribution in [2.24, 2.45) is 23.7 Å². The molecule has 0 aliphatic heterocycles. The Morgan fingerprint density at radius 1 is 1.11 bits per heavy atom. The van der Waals surface area contributed by atoms with Gasteiger partial charge in [0.1, 0.15) is 5.69 Å². The predicted octanol–water partition coefficient (Wildman–Crippen LogP) is 5.97. The van der Waals surface area contributed by atoms with Crippen LogP contribution in [-0.4, -0.2) is 36.2 Å². The summed E-state index contributed by atoms with van der Waals surface area (Å²) in [5.41, 5.74) is 4.04. The highest BCUT2D eigenvalue weighted by atomic mass is 35.5. The van der Waals surface area contributed by atoms with Crippen molar-refractivity contribution in [2.45, 2.75) is 32.1 Å². The molecule has 3 heterocycles. The molecule has 3 saturated carbocycles. The number of carboxylic acid groups (broad SMARTS) is 1. The maximum absolute atomic E-state index is 12.2. The third-order valence-corrected chi connectivity index (χ3v) is 8.00. The molecular weight excluding hydrogens is 476 g/mol. The summed E-state index contributed by atoms with van der Waals surface area (Å²) in [4.78, 5) is 29.7. The number of halogens is 1. The summed E-state index contributed by atoms with van der Waals surface area (Å²) >= 11 is 6.21.